The quantitative estimate of drug-likeness (QED) is 0.541. The lowest BCUT2D eigenvalue weighted by atomic mass is 10.2. The van der Waals surface area contributed by atoms with Crippen LogP contribution in [-0.4, -0.2) is 40.1 Å². The first-order valence-electron chi connectivity index (χ1n) is 8.19. The van der Waals surface area contributed by atoms with Gasteiger partial charge in [0.15, 0.2) is 5.69 Å². The highest BCUT2D eigenvalue weighted by Crippen LogP contribution is 2.22. The average molecular weight is 380 g/mol. The first-order chi connectivity index (χ1) is 13.2. The monoisotopic (exact) mass is 380 g/mol. The predicted octanol–water partition coefficient (Wildman–Crippen LogP) is 1.95. The molecule has 136 valence electrons. The van der Waals surface area contributed by atoms with E-state index in [1.807, 2.05) is 23.6 Å². The van der Waals surface area contributed by atoms with E-state index in [1.54, 1.807) is 17.4 Å². The van der Waals surface area contributed by atoms with Crippen molar-refractivity contribution in [2.45, 2.75) is 6.42 Å². The Morgan fingerprint density at radius 1 is 1.15 bits per heavy atom. The molecule has 0 aliphatic carbocycles. The number of nitriles is 1. The third kappa shape index (κ3) is 4.77. The predicted molar refractivity (Wildman–Crippen MR) is 100 cm³/mol. The minimum atomic E-state index is -0.355. The number of hydrogen-bond donors (Lipinski definition) is 3. The van der Waals surface area contributed by atoms with E-state index in [1.165, 1.54) is 18.3 Å². The summed E-state index contributed by atoms with van der Waals surface area (Å²) >= 11 is 1.56. The maximum atomic E-state index is 12.1. The normalized spacial score (nSPS) is 10.2. The Morgan fingerprint density at radius 2 is 1.93 bits per heavy atom. The molecule has 0 spiro atoms. The number of nitrogens with one attached hydrogen (secondary N) is 3. The van der Waals surface area contributed by atoms with Crippen LogP contribution in [0, 0.1) is 11.3 Å². The number of thiophene rings is 1. The number of rotatable bonds is 7. The lowest BCUT2D eigenvalue weighted by Crippen LogP contribution is -2.30. The van der Waals surface area contributed by atoms with Gasteiger partial charge in [0, 0.05) is 19.3 Å². The summed E-state index contributed by atoms with van der Waals surface area (Å²) in [6, 6.07) is 10.5. The van der Waals surface area contributed by atoms with Gasteiger partial charge in [0.2, 0.25) is 0 Å². The highest BCUT2D eigenvalue weighted by Gasteiger charge is 2.12. The molecular weight excluding hydrogens is 364 g/mol. The molecular formula is C18H16N6O2S. The van der Waals surface area contributed by atoms with E-state index in [9.17, 15) is 9.59 Å². The zero-order valence-electron chi connectivity index (χ0n) is 14.2. The summed E-state index contributed by atoms with van der Waals surface area (Å²) in [6.45, 7) is 0.768. The molecule has 9 heteroatoms. The topological polar surface area (TPSA) is 124 Å². The molecule has 0 saturated carbocycles. The molecule has 0 aliphatic heterocycles. The lowest BCUT2D eigenvalue weighted by molar-refractivity contribution is 0.0946. The number of H-pyrrole nitrogens is 1. The van der Waals surface area contributed by atoms with E-state index in [4.69, 9.17) is 5.26 Å². The van der Waals surface area contributed by atoms with Gasteiger partial charge >= 0.3 is 0 Å². The van der Waals surface area contributed by atoms with Gasteiger partial charge in [0.1, 0.15) is 5.69 Å². The standard InChI is InChI=1S/C18H16N6O2S/c19-11-12-4-7-20-14(9-12)17(25)21-5-2-6-22-18(26)15-10-13(23-24-15)16-3-1-8-27-16/h1,3-4,7-10H,2,5-6H2,(H,21,25)(H,22,26)(H,23,24). The Labute approximate surface area is 159 Å². The number of nitrogens with zero attached hydrogens (tertiary/aromatic N) is 3. The fourth-order valence-corrected chi connectivity index (χ4v) is 2.99. The van der Waals surface area contributed by atoms with Crippen LogP contribution in [0.25, 0.3) is 10.6 Å². The summed E-state index contributed by atoms with van der Waals surface area (Å²) in [4.78, 5) is 29.0. The van der Waals surface area contributed by atoms with Crippen molar-refractivity contribution in [3.63, 3.8) is 0 Å². The van der Waals surface area contributed by atoms with E-state index < -0.39 is 0 Å². The Kier molecular flexibility index (Phi) is 5.91. The summed E-state index contributed by atoms with van der Waals surface area (Å²) < 4.78 is 0. The van der Waals surface area contributed by atoms with Crippen molar-refractivity contribution < 1.29 is 9.59 Å². The Morgan fingerprint density at radius 3 is 2.63 bits per heavy atom. The van der Waals surface area contributed by atoms with E-state index >= 15 is 0 Å². The van der Waals surface area contributed by atoms with Crippen molar-refractivity contribution in [1.82, 2.24) is 25.8 Å². The second kappa shape index (κ2) is 8.73. The highest BCUT2D eigenvalue weighted by atomic mass is 32.1. The fourth-order valence-electron chi connectivity index (χ4n) is 2.29. The number of aromatic amines is 1. The molecule has 0 aromatic carbocycles. The number of carbonyl (C=O) groups excluding carboxylic acids is 2. The van der Waals surface area contributed by atoms with Crippen molar-refractivity contribution in [3.8, 4) is 16.6 Å². The Hall–Kier alpha value is -3.51. The number of aromatic nitrogens is 3. The minimum absolute atomic E-state index is 0.190. The molecule has 0 unspecified atom stereocenters. The highest BCUT2D eigenvalue weighted by molar-refractivity contribution is 7.13. The zero-order chi connectivity index (χ0) is 19.1. The molecule has 3 aromatic heterocycles. The maximum Gasteiger partial charge on any atom is 0.271 e. The zero-order valence-corrected chi connectivity index (χ0v) is 15.0. The summed E-state index contributed by atoms with van der Waals surface area (Å²) in [7, 11) is 0. The number of pyridine rings is 1. The van der Waals surface area contributed by atoms with Crippen molar-refractivity contribution >= 4 is 23.2 Å². The van der Waals surface area contributed by atoms with E-state index in [-0.39, 0.29) is 17.5 Å². The third-order valence-corrected chi connectivity index (χ3v) is 4.55. The van der Waals surface area contributed by atoms with Crippen LogP contribution in [0.1, 0.15) is 33.0 Å². The SMILES string of the molecule is N#Cc1ccnc(C(=O)NCCCNC(=O)c2cc(-c3cccs3)[nH]n2)c1. The van der Waals surface area contributed by atoms with Crippen molar-refractivity contribution in [2.24, 2.45) is 0 Å². The van der Waals surface area contributed by atoms with E-state index in [0.717, 1.165) is 10.6 Å². The van der Waals surface area contributed by atoms with Crippen molar-refractivity contribution in [3.05, 3.63) is 58.9 Å². The van der Waals surface area contributed by atoms with Crippen molar-refractivity contribution in [2.75, 3.05) is 13.1 Å². The summed E-state index contributed by atoms with van der Waals surface area (Å²) in [5.74, 6) is -0.630. The minimum Gasteiger partial charge on any atom is -0.351 e. The molecule has 8 nitrogen and oxygen atoms in total. The van der Waals surface area contributed by atoms with Gasteiger partial charge in [-0.1, -0.05) is 6.07 Å². The van der Waals surface area contributed by atoms with E-state index in [2.05, 4.69) is 25.8 Å². The van der Waals surface area contributed by atoms with E-state index in [0.29, 0.717) is 30.8 Å². The number of amides is 2. The van der Waals surface area contributed by atoms with Crippen LogP contribution in [0.5, 0.6) is 0 Å². The second-order valence-electron chi connectivity index (χ2n) is 5.55. The van der Waals surface area contributed by atoms with Crippen molar-refractivity contribution in [1.29, 1.82) is 5.26 Å². The van der Waals surface area contributed by atoms with Gasteiger partial charge in [0.25, 0.3) is 11.8 Å². The molecule has 27 heavy (non-hydrogen) atoms. The molecule has 0 fully saturated rings. The first-order valence-corrected chi connectivity index (χ1v) is 9.07. The molecule has 3 N–H and O–H groups in total. The largest absolute Gasteiger partial charge is 0.351 e. The van der Waals surface area contributed by atoms with Gasteiger partial charge in [-0.2, -0.15) is 10.4 Å². The molecule has 3 rings (SSSR count). The van der Waals surface area contributed by atoms with Gasteiger partial charge in [0.05, 0.1) is 22.2 Å². The van der Waals surface area contributed by atoms with Gasteiger partial charge in [-0.25, -0.2) is 0 Å². The first kappa shape index (κ1) is 18.3. The average Bonchev–Trinajstić information content (AvgIpc) is 3.39. The Balaban J connectivity index is 1.40. The molecule has 0 saturated heterocycles. The van der Waals surface area contributed by atoms with Gasteiger partial charge in [-0.3, -0.25) is 19.7 Å². The molecule has 2 amide bonds. The van der Waals surface area contributed by atoms with Gasteiger partial charge in [-0.15, -0.1) is 11.3 Å². The number of carbonyl (C=O) groups is 2. The van der Waals surface area contributed by atoms with Crippen LogP contribution in [0.4, 0.5) is 0 Å². The molecule has 0 bridgehead atoms. The van der Waals surface area contributed by atoms with Crippen LogP contribution >= 0.6 is 11.3 Å². The van der Waals surface area contributed by atoms with Crippen LogP contribution in [0.15, 0.2) is 41.9 Å². The summed E-state index contributed by atoms with van der Waals surface area (Å²) in [6.07, 6.45) is 1.97. The summed E-state index contributed by atoms with van der Waals surface area (Å²) in [5.41, 5.74) is 1.69. The second-order valence-corrected chi connectivity index (χ2v) is 6.50. The Bertz CT molecular complexity index is 974. The third-order valence-electron chi connectivity index (χ3n) is 3.64. The van der Waals surface area contributed by atoms with Gasteiger partial charge < -0.3 is 10.6 Å². The number of hydrogen-bond acceptors (Lipinski definition) is 6. The lowest BCUT2D eigenvalue weighted by Gasteiger charge is -2.05. The van der Waals surface area contributed by atoms with Crippen LogP contribution in [0.3, 0.4) is 0 Å². The van der Waals surface area contributed by atoms with Gasteiger partial charge in [-0.05, 0) is 36.1 Å². The summed E-state index contributed by atoms with van der Waals surface area (Å²) in [5, 5.41) is 23.1. The fraction of sp³-hybridized carbons (Fsp3) is 0.167. The smallest absolute Gasteiger partial charge is 0.271 e. The maximum absolute atomic E-state index is 12.1. The molecule has 3 aromatic rings. The van der Waals surface area contributed by atoms with Crippen LogP contribution < -0.4 is 10.6 Å². The van der Waals surface area contributed by atoms with Crippen LogP contribution in [0.2, 0.25) is 0 Å². The molecule has 0 atom stereocenters. The van der Waals surface area contributed by atoms with Crippen LogP contribution in [-0.2, 0) is 0 Å². The molecule has 0 aliphatic rings. The molecule has 0 radical (unpaired) electrons. The molecule has 3 heterocycles.